The molecule has 0 spiro atoms. The van der Waals surface area contributed by atoms with Gasteiger partial charge in [-0.25, -0.2) is 4.98 Å². The van der Waals surface area contributed by atoms with Gasteiger partial charge in [-0.05, 0) is 37.8 Å². The van der Waals surface area contributed by atoms with E-state index in [1.807, 2.05) is 24.3 Å². The molecule has 0 radical (unpaired) electrons. The molecule has 1 amide bonds. The Morgan fingerprint density at radius 2 is 2.28 bits per heavy atom. The largest absolute Gasteiger partial charge is 0.383 e. The van der Waals surface area contributed by atoms with Crippen molar-refractivity contribution in [2.45, 2.75) is 37.0 Å². The smallest absolute Gasteiger partial charge is 0.231 e. The first-order chi connectivity index (χ1) is 12.1. The SMILES string of the molecule is COCCn1c(SCC(=O)NC(C)(C#N)C2CC2)nc2ccccc21. The maximum atomic E-state index is 12.3. The normalized spacial score (nSPS) is 16.4. The summed E-state index contributed by atoms with van der Waals surface area (Å²) >= 11 is 1.39. The number of nitriles is 1. The number of hydrogen-bond acceptors (Lipinski definition) is 5. The number of nitrogens with zero attached hydrogens (tertiary/aromatic N) is 3. The predicted molar refractivity (Wildman–Crippen MR) is 97.2 cm³/mol. The van der Waals surface area contributed by atoms with Gasteiger partial charge >= 0.3 is 0 Å². The molecule has 1 aliphatic carbocycles. The molecule has 7 heteroatoms. The zero-order valence-electron chi connectivity index (χ0n) is 14.5. The number of nitrogens with one attached hydrogen (secondary N) is 1. The topological polar surface area (TPSA) is 79.9 Å². The van der Waals surface area contributed by atoms with Crippen LogP contribution in [0.2, 0.25) is 0 Å². The van der Waals surface area contributed by atoms with Crippen LogP contribution in [0.15, 0.2) is 29.4 Å². The van der Waals surface area contributed by atoms with Crippen LogP contribution in [-0.2, 0) is 16.1 Å². The molecule has 1 atom stereocenters. The van der Waals surface area contributed by atoms with Gasteiger partial charge in [-0.15, -0.1) is 0 Å². The predicted octanol–water partition coefficient (Wildman–Crippen LogP) is 2.58. The van der Waals surface area contributed by atoms with Crippen LogP contribution >= 0.6 is 11.8 Å². The molecule has 132 valence electrons. The monoisotopic (exact) mass is 358 g/mol. The number of aromatic nitrogens is 2. The first-order valence-electron chi connectivity index (χ1n) is 8.36. The van der Waals surface area contributed by atoms with Crippen molar-refractivity contribution in [3.8, 4) is 6.07 Å². The molecule has 2 aromatic rings. The summed E-state index contributed by atoms with van der Waals surface area (Å²) in [6.45, 7) is 3.06. The summed E-state index contributed by atoms with van der Waals surface area (Å²) < 4.78 is 7.26. The lowest BCUT2D eigenvalue weighted by Crippen LogP contribution is -2.47. The number of thioether (sulfide) groups is 1. The maximum Gasteiger partial charge on any atom is 0.231 e. The van der Waals surface area contributed by atoms with E-state index in [-0.39, 0.29) is 17.6 Å². The Labute approximate surface area is 151 Å². The minimum absolute atomic E-state index is 0.133. The molecule has 1 aromatic carbocycles. The van der Waals surface area contributed by atoms with Crippen molar-refractivity contribution in [3.63, 3.8) is 0 Å². The quantitative estimate of drug-likeness (QED) is 0.734. The zero-order chi connectivity index (χ0) is 17.9. The molecule has 0 saturated heterocycles. The molecule has 1 aliphatic rings. The van der Waals surface area contributed by atoms with Gasteiger partial charge in [0.15, 0.2) is 5.16 Å². The lowest BCUT2D eigenvalue weighted by molar-refractivity contribution is -0.119. The fraction of sp³-hybridized carbons (Fsp3) is 0.500. The number of para-hydroxylation sites is 2. The summed E-state index contributed by atoms with van der Waals surface area (Å²) in [5.41, 5.74) is 1.18. The highest BCUT2D eigenvalue weighted by molar-refractivity contribution is 7.99. The van der Waals surface area contributed by atoms with Crippen LogP contribution in [0.1, 0.15) is 19.8 Å². The molecular formula is C18H22N4O2S. The summed E-state index contributed by atoms with van der Waals surface area (Å²) in [6, 6.07) is 10.2. The highest BCUT2D eigenvalue weighted by Gasteiger charge is 2.42. The molecule has 1 aromatic heterocycles. The van der Waals surface area contributed by atoms with Gasteiger partial charge in [0.25, 0.3) is 0 Å². The second kappa shape index (κ2) is 7.46. The summed E-state index contributed by atoms with van der Waals surface area (Å²) in [4.78, 5) is 16.9. The van der Waals surface area contributed by atoms with E-state index in [1.165, 1.54) is 11.8 Å². The van der Waals surface area contributed by atoms with Gasteiger partial charge in [0, 0.05) is 13.7 Å². The maximum absolute atomic E-state index is 12.3. The minimum Gasteiger partial charge on any atom is -0.383 e. The van der Waals surface area contributed by atoms with E-state index in [4.69, 9.17) is 4.74 Å². The summed E-state index contributed by atoms with van der Waals surface area (Å²) in [6.07, 6.45) is 2.01. The fourth-order valence-corrected chi connectivity index (χ4v) is 3.74. The van der Waals surface area contributed by atoms with E-state index in [9.17, 15) is 10.1 Å². The van der Waals surface area contributed by atoms with Crippen molar-refractivity contribution < 1.29 is 9.53 Å². The molecule has 3 rings (SSSR count). The highest BCUT2D eigenvalue weighted by Crippen LogP contribution is 2.39. The van der Waals surface area contributed by atoms with Crippen LogP contribution < -0.4 is 5.32 Å². The van der Waals surface area contributed by atoms with Gasteiger partial charge in [-0.2, -0.15) is 5.26 Å². The average molecular weight is 358 g/mol. The molecule has 6 nitrogen and oxygen atoms in total. The Kier molecular flexibility index (Phi) is 5.30. The number of hydrogen-bond donors (Lipinski definition) is 1. The van der Waals surface area contributed by atoms with E-state index in [2.05, 4.69) is 20.9 Å². The van der Waals surface area contributed by atoms with Crippen LogP contribution in [0.4, 0.5) is 0 Å². The fourth-order valence-electron chi connectivity index (χ4n) is 2.90. The van der Waals surface area contributed by atoms with Crippen LogP contribution in [0.5, 0.6) is 0 Å². The third kappa shape index (κ3) is 3.97. The Hall–Kier alpha value is -2.04. The Balaban J connectivity index is 1.70. The van der Waals surface area contributed by atoms with Crippen molar-refractivity contribution in [1.82, 2.24) is 14.9 Å². The second-order valence-electron chi connectivity index (χ2n) is 6.45. The number of methoxy groups -OCH3 is 1. The first kappa shape index (κ1) is 17.8. The molecule has 1 unspecified atom stereocenters. The first-order valence-corrected chi connectivity index (χ1v) is 9.35. The summed E-state index contributed by atoms with van der Waals surface area (Å²) in [5, 5.41) is 13.0. The third-order valence-electron chi connectivity index (χ3n) is 4.50. The molecule has 1 N–H and O–H groups in total. The second-order valence-corrected chi connectivity index (χ2v) is 7.40. The van der Waals surface area contributed by atoms with Gasteiger partial charge in [0.2, 0.25) is 5.91 Å². The van der Waals surface area contributed by atoms with Gasteiger partial charge in [-0.1, -0.05) is 23.9 Å². The summed E-state index contributed by atoms with van der Waals surface area (Å²) in [7, 11) is 1.67. The van der Waals surface area contributed by atoms with Crippen molar-refractivity contribution in [2.75, 3.05) is 19.5 Å². The van der Waals surface area contributed by atoms with Gasteiger partial charge in [-0.3, -0.25) is 4.79 Å². The Bertz CT molecular complexity index is 809. The number of benzene rings is 1. The van der Waals surface area contributed by atoms with Crippen molar-refractivity contribution >= 4 is 28.7 Å². The molecule has 1 fully saturated rings. The van der Waals surface area contributed by atoms with Crippen LogP contribution in [0.25, 0.3) is 11.0 Å². The molecule has 0 aliphatic heterocycles. The minimum atomic E-state index is -0.756. The molecule has 0 bridgehead atoms. The number of ether oxygens (including phenoxy) is 1. The van der Waals surface area contributed by atoms with E-state index in [1.54, 1.807) is 14.0 Å². The van der Waals surface area contributed by atoms with Crippen molar-refractivity contribution in [1.29, 1.82) is 5.26 Å². The van der Waals surface area contributed by atoms with E-state index in [0.29, 0.717) is 13.2 Å². The van der Waals surface area contributed by atoms with Crippen LogP contribution in [0.3, 0.4) is 0 Å². The lowest BCUT2D eigenvalue weighted by Gasteiger charge is -2.22. The van der Waals surface area contributed by atoms with Crippen LogP contribution in [-0.4, -0.2) is 40.5 Å². The highest BCUT2D eigenvalue weighted by atomic mass is 32.2. The molecule has 25 heavy (non-hydrogen) atoms. The van der Waals surface area contributed by atoms with E-state index in [0.717, 1.165) is 29.0 Å². The van der Waals surface area contributed by atoms with Crippen molar-refractivity contribution in [2.24, 2.45) is 5.92 Å². The van der Waals surface area contributed by atoms with Gasteiger partial charge in [0.1, 0.15) is 5.54 Å². The van der Waals surface area contributed by atoms with E-state index < -0.39 is 5.54 Å². The molecular weight excluding hydrogens is 336 g/mol. The number of imidazole rings is 1. The van der Waals surface area contributed by atoms with E-state index >= 15 is 0 Å². The summed E-state index contributed by atoms with van der Waals surface area (Å²) in [5.74, 6) is 0.379. The van der Waals surface area contributed by atoms with Crippen LogP contribution in [0, 0.1) is 17.2 Å². The standard InChI is InChI=1S/C18H22N4O2S/c1-18(12-19,13-7-8-13)21-16(23)11-25-17-20-14-5-3-4-6-15(14)22(17)9-10-24-2/h3-6,13H,7-11H2,1-2H3,(H,21,23). The lowest BCUT2D eigenvalue weighted by atomic mass is 9.98. The third-order valence-corrected chi connectivity index (χ3v) is 5.47. The Morgan fingerprint density at radius 3 is 2.96 bits per heavy atom. The molecule has 1 heterocycles. The number of carbonyl (C=O) groups is 1. The number of amides is 1. The number of rotatable bonds is 8. The number of fused-ring (bicyclic) bond motifs is 1. The number of carbonyl (C=O) groups excluding carboxylic acids is 1. The van der Waals surface area contributed by atoms with Gasteiger partial charge < -0.3 is 14.6 Å². The van der Waals surface area contributed by atoms with Crippen molar-refractivity contribution in [3.05, 3.63) is 24.3 Å². The van der Waals surface area contributed by atoms with Gasteiger partial charge in [0.05, 0.1) is 29.5 Å². The Morgan fingerprint density at radius 1 is 1.52 bits per heavy atom. The molecule has 1 saturated carbocycles. The zero-order valence-corrected chi connectivity index (χ0v) is 15.3. The average Bonchev–Trinajstić information content (AvgIpc) is 3.41.